The van der Waals surface area contributed by atoms with Crippen molar-refractivity contribution in [2.24, 2.45) is 10.3 Å². The van der Waals surface area contributed by atoms with Crippen LogP contribution in [0.2, 0.25) is 5.02 Å². The molecule has 8 nitrogen and oxygen atoms in total. The van der Waals surface area contributed by atoms with E-state index in [0.29, 0.717) is 16.4 Å². The van der Waals surface area contributed by atoms with Crippen LogP contribution in [0.3, 0.4) is 0 Å². The van der Waals surface area contributed by atoms with E-state index < -0.39 is 23.9 Å². The minimum atomic E-state index is -0.966. The lowest BCUT2D eigenvalue weighted by Gasteiger charge is -2.20. The van der Waals surface area contributed by atoms with Gasteiger partial charge < -0.3 is 5.32 Å². The topological polar surface area (TPSA) is 94.4 Å². The Balaban J connectivity index is 1.49. The zero-order valence-electron chi connectivity index (χ0n) is 14.3. The first kappa shape index (κ1) is 18.6. The van der Waals surface area contributed by atoms with E-state index in [2.05, 4.69) is 31.6 Å². The van der Waals surface area contributed by atoms with Gasteiger partial charge in [0, 0.05) is 15.2 Å². The number of carbonyl (C=O) groups excluding carboxylic acids is 3. The predicted molar refractivity (Wildman–Crippen MR) is 106 cm³/mol. The second kappa shape index (κ2) is 7.33. The zero-order chi connectivity index (χ0) is 19.8. The summed E-state index contributed by atoms with van der Waals surface area (Å²) in [6.07, 6.45) is 0. The number of rotatable bonds is 4. The molecule has 2 aliphatic rings. The monoisotopic (exact) mass is 461 g/mol. The van der Waals surface area contributed by atoms with Crippen molar-refractivity contribution in [3.8, 4) is 0 Å². The highest BCUT2D eigenvalue weighted by molar-refractivity contribution is 9.10. The molecular formula is C18H13BrClN5O3. The summed E-state index contributed by atoms with van der Waals surface area (Å²) >= 11 is 9.29. The first-order valence-corrected chi connectivity index (χ1v) is 9.47. The van der Waals surface area contributed by atoms with E-state index in [0.717, 1.165) is 9.37 Å². The van der Waals surface area contributed by atoms with Gasteiger partial charge in [-0.15, -0.1) is 0 Å². The average molecular weight is 463 g/mol. The number of nitrogens with zero attached hydrogens (tertiary/aromatic N) is 4. The van der Waals surface area contributed by atoms with Gasteiger partial charge in [0.25, 0.3) is 11.8 Å². The van der Waals surface area contributed by atoms with Crippen LogP contribution in [0, 0.1) is 0 Å². The molecule has 2 heterocycles. The molecule has 142 valence electrons. The van der Waals surface area contributed by atoms with E-state index in [4.69, 9.17) is 11.6 Å². The van der Waals surface area contributed by atoms with Gasteiger partial charge >= 0.3 is 0 Å². The molecule has 0 aromatic heterocycles. The Labute approximate surface area is 173 Å². The lowest BCUT2D eigenvalue weighted by atomic mass is 10.1. The van der Waals surface area contributed by atoms with Gasteiger partial charge in [0.15, 0.2) is 12.1 Å². The van der Waals surface area contributed by atoms with E-state index in [9.17, 15) is 14.4 Å². The van der Waals surface area contributed by atoms with Crippen molar-refractivity contribution < 1.29 is 14.4 Å². The van der Waals surface area contributed by atoms with Crippen molar-refractivity contribution in [3.05, 3.63) is 58.0 Å². The molecule has 0 bridgehead atoms. The number of anilines is 2. The zero-order valence-corrected chi connectivity index (χ0v) is 16.6. The standard InChI is InChI=1S/C18H13BrClN5O3/c19-10-4-6-12(7-5-10)21-14(26)9-24-16-15(22-23-24)17(27)25(18(16)28)13-3-1-2-11(20)8-13/h1-8,15-16H,9H2,(H,21,26). The Kier molecular flexibility index (Phi) is 4.86. The maximum absolute atomic E-state index is 12.9. The SMILES string of the molecule is O=C(CN1N=NC2C(=O)N(c3cccc(Cl)c3)C(=O)C21)Nc1ccc(Br)cc1. The van der Waals surface area contributed by atoms with E-state index in [1.807, 2.05) is 0 Å². The molecule has 2 aliphatic heterocycles. The smallest absolute Gasteiger partial charge is 0.263 e. The van der Waals surface area contributed by atoms with Crippen LogP contribution in [0.15, 0.2) is 63.3 Å². The molecule has 10 heteroatoms. The van der Waals surface area contributed by atoms with E-state index >= 15 is 0 Å². The molecule has 28 heavy (non-hydrogen) atoms. The summed E-state index contributed by atoms with van der Waals surface area (Å²) in [6.45, 7) is -0.205. The van der Waals surface area contributed by atoms with Crippen molar-refractivity contribution in [2.45, 2.75) is 12.1 Å². The van der Waals surface area contributed by atoms with Gasteiger partial charge in [-0.2, -0.15) is 5.11 Å². The third kappa shape index (κ3) is 3.38. The molecule has 0 radical (unpaired) electrons. The number of hydrogen-bond acceptors (Lipinski definition) is 6. The van der Waals surface area contributed by atoms with Crippen LogP contribution in [0.4, 0.5) is 11.4 Å². The summed E-state index contributed by atoms with van der Waals surface area (Å²) in [7, 11) is 0. The van der Waals surface area contributed by atoms with Gasteiger partial charge in [-0.1, -0.05) is 38.8 Å². The van der Waals surface area contributed by atoms with Crippen LogP contribution in [0.1, 0.15) is 0 Å². The second-order valence-corrected chi connectivity index (χ2v) is 7.59. The number of imide groups is 1. The lowest BCUT2D eigenvalue weighted by Crippen LogP contribution is -2.43. The molecule has 2 aromatic carbocycles. The summed E-state index contributed by atoms with van der Waals surface area (Å²) in [5, 5.41) is 12.1. The minimum absolute atomic E-state index is 0.205. The maximum atomic E-state index is 12.9. The van der Waals surface area contributed by atoms with Gasteiger partial charge in [-0.3, -0.25) is 19.4 Å². The van der Waals surface area contributed by atoms with Gasteiger partial charge in [-0.05, 0) is 42.5 Å². The molecule has 3 amide bonds. The molecule has 4 rings (SSSR count). The highest BCUT2D eigenvalue weighted by Gasteiger charge is 2.55. The summed E-state index contributed by atoms with van der Waals surface area (Å²) in [5.74, 6) is -1.35. The fourth-order valence-electron chi connectivity index (χ4n) is 3.10. The Bertz CT molecular complexity index is 997. The van der Waals surface area contributed by atoms with Crippen LogP contribution in [0.5, 0.6) is 0 Å². The summed E-state index contributed by atoms with van der Waals surface area (Å²) in [5.41, 5.74) is 0.974. The number of carbonyl (C=O) groups is 3. The fourth-order valence-corrected chi connectivity index (χ4v) is 3.55. The van der Waals surface area contributed by atoms with E-state index in [-0.39, 0.29) is 12.5 Å². The number of fused-ring (bicyclic) bond motifs is 1. The number of halogens is 2. The second-order valence-electron chi connectivity index (χ2n) is 6.24. The molecule has 1 saturated heterocycles. The van der Waals surface area contributed by atoms with Crippen molar-refractivity contribution in [1.29, 1.82) is 0 Å². The van der Waals surface area contributed by atoms with Gasteiger partial charge in [0.1, 0.15) is 6.54 Å². The average Bonchev–Trinajstić information content (AvgIpc) is 3.17. The molecule has 0 aliphatic carbocycles. The van der Waals surface area contributed by atoms with Gasteiger partial charge in [-0.25, -0.2) is 4.90 Å². The van der Waals surface area contributed by atoms with Crippen molar-refractivity contribution >= 4 is 56.6 Å². The quantitative estimate of drug-likeness (QED) is 0.707. The van der Waals surface area contributed by atoms with Crippen molar-refractivity contribution in [3.63, 3.8) is 0 Å². The van der Waals surface area contributed by atoms with E-state index in [1.54, 1.807) is 42.5 Å². The number of amides is 3. The van der Waals surface area contributed by atoms with Crippen LogP contribution in [-0.2, 0) is 14.4 Å². The molecule has 0 saturated carbocycles. The van der Waals surface area contributed by atoms with E-state index in [1.165, 1.54) is 11.1 Å². The van der Waals surface area contributed by atoms with Crippen LogP contribution >= 0.6 is 27.5 Å². The highest BCUT2D eigenvalue weighted by Crippen LogP contribution is 2.32. The summed E-state index contributed by atoms with van der Waals surface area (Å²) in [4.78, 5) is 38.9. The summed E-state index contributed by atoms with van der Waals surface area (Å²) in [6, 6.07) is 11.6. The molecular weight excluding hydrogens is 450 g/mol. The third-order valence-electron chi connectivity index (χ3n) is 4.36. The first-order valence-electron chi connectivity index (χ1n) is 8.30. The molecule has 2 atom stereocenters. The predicted octanol–water partition coefficient (Wildman–Crippen LogP) is 3.03. The van der Waals surface area contributed by atoms with Crippen molar-refractivity contribution in [2.75, 3.05) is 16.8 Å². The molecule has 1 fully saturated rings. The third-order valence-corrected chi connectivity index (χ3v) is 5.12. The Morgan fingerprint density at radius 1 is 1.14 bits per heavy atom. The van der Waals surface area contributed by atoms with Gasteiger partial charge in [0.2, 0.25) is 5.91 Å². The molecule has 1 N–H and O–H groups in total. The Morgan fingerprint density at radius 3 is 2.61 bits per heavy atom. The Morgan fingerprint density at radius 2 is 1.89 bits per heavy atom. The maximum Gasteiger partial charge on any atom is 0.263 e. The minimum Gasteiger partial charge on any atom is -0.324 e. The number of hydrogen-bond donors (Lipinski definition) is 1. The van der Waals surface area contributed by atoms with Crippen LogP contribution < -0.4 is 10.2 Å². The Hall–Kier alpha value is -2.78. The summed E-state index contributed by atoms with van der Waals surface area (Å²) < 4.78 is 0.887. The normalized spacial score (nSPS) is 20.6. The highest BCUT2D eigenvalue weighted by atomic mass is 79.9. The van der Waals surface area contributed by atoms with Crippen LogP contribution in [-0.4, -0.2) is 41.4 Å². The molecule has 2 aromatic rings. The van der Waals surface area contributed by atoms with Gasteiger partial charge in [0.05, 0.1) is 5.69 Å². The number of nitrogens with one attached hydrogen (secondary N) is 1. The number of benzene rings is 2. The fraction of sp³-hybridized carbons (Fsp3) is 0.167. The molecule has 0 spiro atoms. The first-order chi connectivity index (χ1) is 13.4. The largest absolute Gasteiger partial charge is 0.324 e. The lowest BCUT2D eigenvalue weighted by molar-refractivity contribution is -0.123. The molecule has 2 unspecified atom stereocenters. The van der Waals surface area contributed by atoms with Crippen molar-refractivity contribution in [1.82, 2.24) is 5.01 Å². The van der Waals surface area contributed by atoms with Crippen LogP contribution in [0.25, 0.3) is 0 Å².